The minimum absolute atomic E-state index is 0.440. The van der Waals surface area contributed by atoms with Gasteiger partial charge in [-0.05, 0) is 12.6 Å². The second-order valence-corrected chi connectivity index (χ2v) is 6.26. The molecule has 0 spiro atoms. The highest BCUT2D eigenvalue weighted by atomic mass is 32.2. The Morgan fingerprint density at radius 2 is 2.53 bits per heavy atom. The minimum Gasteiger partial charge on any atom is -0.496 e. The zero-order chi connectivity index (χ0) is 10.5. The second kappa shape index (κ2) is 6.06. The van der Waals surface area contributed by atoms with Crippen LogP contribution in [-0.4, -0.2) is 41.7 Å². The largest absolute Gasteiger partial charge is 0.496 e. The van der Waals surface area contributed by atoms with E-state index in [1.54, 1.807) is 0 Å². The number of nitrogens with one attached hydrogen (secondary N) is 1. The topological polar surface area (TPSA) is 21.3 Å². The Morgan fingerprint density at radius 1 is 1.60 bits per heavy atom. The van der Waals surface area contributed by atoms with E-state index < -0.39 is 0 Å². The van der Waals surface area contributed by atoms with Crippen molar-refractivity contribution in [3.05, 3.63) is 11.8 Å². The highest BCUT2D eigenvalue weighted by Crippen LogP contribution is 2.30. The molecule has 4 heteroatoms. The molecule has 2 aliphatic heterocycles. The van der Waals surface area contributed by atoms with Gasteiger partial charge in [0.1, 0.15) is 5.76 Å². The fourth-order valence-electron chi connectivity index (χ4n) is 1.99. The lowest BCUT2D eigenvalue weighted by Crippen LogP contribution is -2.42. The highest BCUT2D eigenvalue weighted by Gasteiger charge is 2.29. The van der Waals surface area contributed by atoms with Crippen LogP contribution in [0.1, 0.15) is 13.3 Å². The lowest BCUT2D eigenvalue weighted by molar-refractivity contribution is 0.215. The summed E-state index contributed by atoms with van der Waals surface area (Å²) in [6, 6.07) is 0.440. The van der Waals surface area contributed by atoms with E-state index in [1.807, 2.05) is 0 Å². The number of thioether (sulfide) groups is 2. The molecule has 0 radical (unpaired) electrons. The van der Waals surface area contributed by atoms with Crippen molar-refractivity contribution in [1.29, 1.82) is 0 Å². The summed E-state index contributed by atoms with van der Waals surface area (Å²) in [6.07, 6.45) is 3.34. The maximum absolute atomic E-state index is 5.70. The Bertz CT molecular complexity index is 227. The maximum Gasteiger partial charge on any atom is 0.110 e. The number of hydrogen-bond donors (Lipinski definition) is 1. The normalized spacial score (nSPS) is 28.3. The van der Waals surface area contributed by atoms with Gasteiger partial charge < -0.3 is 10.1 Å². The Labute approximate surface area is 101 Å². The first-order chi connectivity index (χ1) is 7.42. The molecule has 0 amide bonds. The second-order valence-electron chi connectivity index (χ2n) is 3.76. The first-order valence-electron chi connectivity index (χ1n) is 5.67. The van der Waals surface area contributed by atoms with E-state index in [0.717, 1.165) is 19.6 Å². The van der Waals surface area contributed by atoms with Crippen LogP contribution in [0.3, 0.4) is 0 Å². The molecule has 0 saturated carbocycles. The van der Waals surface area contributed by atoms with Gasteiger partial charge in [0, 0.05) is 28.9 Å². The van der Waals surface area contributed by atoms with Crippen molar-refractivity contribution in [3.63, 3.8) is 0 Å². The van der Waals surface area contributed by atoms with Crippen molar-refractivity contribution in [2.75, 3.05) is 30.4 Å². The quantitative estimate of drug-likeness (QED) is 0.818. The standard InChI is InChI=1S/C11H19NOS2/c1-2-12-11(9-4-3-5-13-9)10-8-14-6-7-15-10/h4,10-12H,2-3,5-8H2,1H3. The Kier molecular flexibility index (Phi) is 4.72. The van der Waals surface area contributed by atoms with Crippen LogP contribution in [-0.2, 0) is 4.74 Å². The number of hydrogen-bond acceptors (Lipinski definition) is 4. The van der Waals surface area contributed by atoms with Crippen LogP contribution < -0.4 is 5.32 Å². The van der Waals surface area contributed by atoms with Crippen molar-refractivity contribution in [3.8, 4) is 0 Å². The lowest BCUT2D eigenvalue weighted by Gasteiger charge is -2.30. The Morgan fingerprint density at radius 3 is 3.13 bits per heavy atom. The van der Waals surface area contributed by atoms with Gasteiger partial charge in [-0.1, -0.05) is 6.92 Å². The molecule has 2 atom stereocenters. The molecular weight excluding hydrogens is 226 g/mol. The van der Waals surface area contributed by atoms with E-state index in [-0.39, 0.29) is 0 Å². The zero-order valence-corrected chi connectivity index (χ0v) is 10.8. The summed E-state index contributed by atoms with van der Waals surface area (Å²) in [5.41, 5.74) is 0. The molecule has 0 aromatic heterocycles. The average Bonchev–Trinajstić information content (AvgIpc) is 2.80. The fourth-order valence-corrected chi connectivity index (χ4v) is 4.83. The highest BCUT2D eigenvalue weighted by molar-refractivity contribution is 8.06. The van der Waals surface area contributed by atoms with Crippen molar-refractivity contribution >= 4 is 23.5 Å². The average molecular weight is 245 g/mol. The third kappa shape index (κ3) is 3.08. The van der Waals surface area contributed by atoms with E-state index in [0.29, 0.717) is 11.3 Å². The summed E-state index contributed by atoms with van der Waals surface area (Å²) in [6.45, 7) is 4.07. The number of rotatable bonds is 4. The fraction of sp³-hybridized carbons (Fsp3) is 0.818. The van der Waals surface area contributed by atoms with Crippen molar-refractivity contribution in [2.24, 2.45) is 0 Å². The number of likely N-dealkylation sites (N-methyl/N-ethyl adjacent to an activating group) is 1. The maximum atomic E-state index is 5.70. The van der Waals surface area contributed by atoms with Gasteiger partial charge in [-0.25, -0.2) is 0 Å². The van der Waals surface area contributed by atoms with Gasteiger partial charge in [0.05, 0.1) is 12.6 Å². The van der Waals surface area contributed by atoms with E-state index in [2.05, 4.69) is 41.8 Å². The van der Waals surface area contributed by atoms with Crippen LogP contribution in [0.4, 0.5) is 0 Å². The molecule has 2 heterocycles. The molecule has 2 nitrogen and oxygen atoms in total. The summed E-state index contributed by atoms with van der Waals surface area (Å²) >= 11 is 4.17. The van der Waals surface area contributed by atoms with Crippen LogP contribution in [0.15, 0.2) is 11.8 Å². The van der Waals surface area contributed by atoms with Crippen LogP contribution in [0, 0.1) is 0 Å². The van der Waals surface area contributed by atoms with Crippen LogP contribution >= 0.6 is 23.5 Å². The lowest BCUT2D eigenvalue weighted by atomic mass is 10.1. The van der Waals surface area contributed by atoms with Crippen molar-refractivity contribution < 1.29 is 4.74 Å². The zero-order valence-electron chi connectivity index (χ0n) is 9.20. The van der Waals surface area contributed by atoms with Gasteiger partial charge in [-0.2, -0.15) is 23.5 Å². The van der Waals surface area contributed by atoms with Crippen LogP contribution in [0.5, 0.6) is 0 Å². The molecule has 0 bridgehead atoms. The predicted molar refractivity (Wildman–Crippen MR) is 69.7 cm³/mol. The molecule has 86 valence electrons. The molecule has 0 aliphatic carbocycles. The van der Waals surface area contributed by atoms with Crippen molar-refractivity contribution in [1.82, 2.24) is 5.32 Å². The van der Waals surface area contributed by atoms with Crippen LogP contribution in [0.25, 0.3) is 0 Å². The predicted octanol–water partition coefficient (Wildman–Crippen LogP) is 2.12. The van der Waals surface area contributed by atoms with Gasteiger partial charge in [-0.3, -0.25) is 0 Å². The first kappa shape index (κ1) is 11.7. The molecule has 1 saturated heterocycles. The van der Waals surface area contributed by atoms with Crippen molar-refractivity contribution in [2.45, 2.75) is 24.6 Å². The smallest absolute Gasteiger partial charge is 0.110 e. The Hall–Kier alpha value is 0.200. The summed E-state index contributed by atoms with van der Waals surface area (Å²) in [7, 11) is 0. The SMILES string of the molecule is CCNC(C1=CCCO1)C1CSCCS1. The molecule has 15 heavy (non-hydrogen) atoms. The van der Waals surface area contributed by atoms with Gasteiger partial charge in [-0.15, -0.1) is 0 Å². The first-order valence-corrected chi connectivity index (χ1v) is 7.87. The summed E-state index contributed by atoms with van der Waals surface area (Å²) < 4.78 is 5.70. The van der Waals surface area contributed by atoms with Gasteiger partial charge in [0.15, 0.2) is 0 Å². The number of ether oxygens (including phenoxy) is 1. The summed E-state index contributed by atoms with van der Waals surface area (Å²) in [4.78, 5) is 0. The molecule has 2 rings (SSSR count). The molecule has 0 aromatic rings. The molecular formula is C11H19NOS2. The molecule has 0 aromatic carbocycles. The van der Waals surface area contributed by atoms with E-state index >= 15 is 0 Å². The molecule has 2 unspecified atom stereocenters. The minimum atomic E-state index is 0.440. The third-order valence-electron chi connectivity index (χ3n) is 2.68. The molecule has 1 N–H and O–H groups in total. The van der Waals surface area contributed by atoms with Gasteiger partial charge in [0.25, 0.3) is 0 Å². The van der Waals surface area contributed by atoms with Crippen LogP contribution in [0.2, 0.25) is 0 Å². The monoisotopic (exact) mass is 245 g/mol. The molecule has 2 aliphatic rings. The van der Waals surface area contributed by atoms with Gasteiger partial charge in [0.2, 0.25) is 0 Å². The van der Waals surface area contributed by atoms with Gasteiger partial charge >= 0.3 is 0 Å². The summed E-state index contributed by atoms with van der Waals surface area (Å²) in [5.74, 6) is 5.03. The Balaban J connectivity index is 1.97. The third-order valence-corrected chi connectivity index (χ3v) is 5.54. The molecule has 1 fully saturated rings. The van der Waals surface area contributed by atoms with E-state index in [4.69, 9.17) is 4.74 Å². The van der Waals surface area contributed by atoms with E-state index in [1.165, 1.54) is 23.0 Å². The van der Waals surface area contributed by atoms with E-state index in [9.17, 15) is 0 Å². The summed E-state index contributed by atoms with van der Waals surface area (Å²) in [5, 5.41) is 4.25.